The molecule has 1 N–H and O–H groups in total. The van der Waals surface area contributed by atoms with Crippen molar-refractivity contribution in [3.05, 3.63) is 29.6 Å². The van der Waals surface area contributed by atoms with Crippen LogP contribution in [-0.2, 0) is 0 Å². The molecule has 1 aromatic rings. The molecule has 0 aromatic carbocycles. The summed E-state index contributed by atoms with van der Waals surface area (Å²) in [4.78, 5) is 25.5. The molecule has 1 aromatic heterocycles. The zero-order chi connectivity index (χ0) is 9.84. The van der Waals surface area contributed by atoms with Crippen molar-refractivity contribution >= 4 is 11.8 Å². The topological polar surface area (TPSA) is 59.1 Å². The Hall–Kier alpha value is -1.71. The third-order valence-electron chi connectivity index (χ3n) is 1.49. The predicted molar refractivity (Wildman–Crippen MR) is 47.4 cm³/mol. The first-order chi connectivity index (χ1) is 6.29. The van der Waals surface area contributed by atoms with E-state index in [0.717, 1.165) is 0 Å². The monoisotopic (exact) mass is 178 g/mol. The minimum atomic E-state index is -0.411. The van der Waals surface area contributed by atoms with Crippen LogP contribution in [0.25, 0.3) is 0 Å². The Bertz CT molecular complexity index is 314. The van der Waals surface area contributed by atoms with Crippen molar-refractivity contribution in [2.45, 2.75) is 13.8 Å². The molecule has 0 bridgehead atoms. The first-order valence-corrected chi connectivity index (χ1v) is 4.10. The van der Waals surface area contributed by atoms with E-state index in [9.17, 15) is 9.59 Å². The maximum atomic E-state index is 10.9. The Balaban J connectivity index is 0.000000396. The molecule has 0 aliphatic carbocycles. The van der Waals surface area contributed by atoms with Crippen LogP contribution in [0.4, 0.5) is 0 Å². The fraction of sp³-hybridized carbons (Fsp3) is 0.222. The fourth-order valence-electron chi connectivity index (χ4n) is 0.999. The Morgan fingerprint density at radius 1 is 1.23 bits per heavy atom. The summed E-state index contributed by atoms with van der Waals surface area (Å²) in [6.45, 7) is 4.00. The van der Waals surface area contributed by atoms with Crippen molar-refractivity contribution < 1.29 is 9.59 Å². The van der Waals surface area contributed by atoms with Gasteiger partial charge in [-0.15, -0.1) is 0 Å². The highest BCUT2D eigenvalue weighted by Gasteiger charge is 2.26. The van der Waals surface area contributed by atoms with Crippen molar-refractivity contribution in [3.63, 3.8) is 0 Å². The first-order valence-electron chi connectivity index (χ1n) is 4.10. The summed E-state index contributed by atoms with van der Waals surface area (Å²) >= 11 is 0. The molecule has 0 atom stereocenters. The molecule has 0 spiro atoms. The van der Waals surface area contributed by atoms with Gasteiger partial charge in [0.1, 0.15) is 5.69 Å². The molecule has 0 saturated heterocycles. The molecule has 2 heterocycles. The number of carbonyl (C=O) groups is 2. The Morgan fingerprint density at radius 3 is 2.54 bits per heavy atom. The van der Waals surface area contributed by atoms with Crippen LogP contribution in [0.3, 0.4) is 0 Å². The van der Waals surface area contributed by atoms with E-state index in [0.29, 0.717) is 5.56 Å². The maximum absolute atomic E-state index is 10.9. The summed E-state index contributed by atoms with van der Waals surface area (Å²) < 4.78 is 0. The number of pyridine rings is 1. The molecule has 0 saturated carbocycles. The minimum Gasteiger partial charge on any atom is -0.287 e. The molecule has 4 heteroatoms. The molecule has 2 rings (SSSR count). The van der Waals surface area contributed by atoms with E-state index in [2.05, 4.69) is 10.3 Å². The van der Waals surface area contributed by atoms with Gasteiger partial charge in [0, 0.05) is 6.20 Å². The van der Waals surface area contributed by atoms with Gasteiger partial charge < -0.3 is 0 Å². The predicted octanol–water partition coefficient (Wildman–Crippen LogP) is 0.991. The highest BCUT2D eigenvalue weighted by atomic mass is 16.2. The molecule has 2 amide bonds. The molecule has 0 radical (unpaired) electrons. The third-order valence-corrected chi connectivity index (χ3v) is 1.49. The Labute approximate surface area is 76.0 Å². The molecule has 68 valence electrons. The lowest BCUT2D eigenvalue weighted by molar-refractivity contribution is 0.0878. The fourth-order valence-corrected chi connectivity index (χ4v) is 0.999. The number of hydrogen-bond acceptors (Lipinski definition) is 3. The number of amides is 2. The first kappa shape index (κ1) is 9.38. The van der Waals surface area contributed by atoms with Crippen molar-refractivity contribution in [1.29, 1.82) is 0 Å². The van der Waals surface area contributed by atoms with Gasteiger partial charge in [-0.1, -0.05) is 13.8 Å². The molecule has 1 aliphatic rings. The van der Waals surface area contributed by atoms with Crippen molar-refractivity contribution in [3.8, 4) is 0 Å². The number of nitrogens with zero attached hydrogens (tertiary/aromatic N) is 1. The van der Waals surface area contributed by atoms with Gasteiger partial charge in [0.2, 0.25) is 0 Å². The average Bonchev–Trinajstić information content (AvgIpc) is 2.47. The van der Waals surface area contributed by atoms with Crippen LogP contribution in [0, 0.1) is 0 Å². The molecule has 0 unspecified atom stereocenters. The van der Waals surface area contributed by atoms with Gasteiger partial charge in [-0.3, -0.25) is 19.9 Å². The van der Waals surface area contributed by atoms with E-state index < -0.39 is 5.91 Å². The summed E-state index contributed by atoms with van der Waals surface area (Å²) in [6, 6.07) is 3.19. The van der Waals surface area contributed by atoms with E-state index >= 15 is 0 Å². The highest BCUT2D eigenvalue weighted by Crippen LogP contribution is 2.10. The maximum Gasteiger partial charge on any atom is 0.277 e. The quantitative estimate of drug-likeness (QED) is 0.603. The molecular formula is C9H10N2O2. The van der Waals surface area contributed by atoms with Gasteiger partial charge in [-0.2, -0.15) is 0 Å². The van der Waals surface area contributed by atoms with E-state index in [1.807, 2.05) is 13.8 Å². The van der Waals surface area contributed by atoms with Crippen LogP contribution in [0.1, 0.15) is 34.7 Å². The second kappa shape index (κ2) is 3.80. The number of nitrogens with one attached hydrogen (secondary N) is 1. The van der Waals surface area contributed by atoms with Crippen LogP contribution < -0.4 is 5.32 Å². The number of imide groups is 1. The Morgan fingerprint density at radius 2 is 1.92 bits per heavy atom. The lowest BCUT2D eigenvalue weighted by Crippen LogP contribution is -2.20. The zero-order valence-corrected chi connectivity index (χ0v) is 7.50. The van der Waals surface area contributed by atoms with Crippen LogP contribution in [0.15, 0.2) is 18.3 Å². The van der Waals surface area contributed by atoms with Crippen molar-refractivity contribution in [1.82, 2.24) is 10.3 Å². The molecular weight excluding hydrogens is 168 g/mol. The molecule has 13 heavy (non-hydrogen) atoms. The van der Waals surface area contributed by atoms with E-state index in [-0.39, 0.29) is 11.6 Å². The standard InChI is InChI=1S/C7H4N2O2.C2H6/c10-6-4-2-1-3-8-5(4)7(11)9-6;1-2/h1-3H,(H,9,10,11);1-2H3. The van der Waals surface area contributed by atoms with Crippen LogP contribution in [0.2, 0.25) is 0 Å². The summed E-state index contributed by atoms with van der Waals surface area (Å²) in [7, 11) is 0. The van der Waals surface area contributed by atoms with Gasteiger partial charge in [-0.25, -0.2) is 0 Å². The number of rotatable bonds is 0. The summed E-state index contributed by atoms with van der Waals surface area (Å²) in [5, 5.41) is 2.14. The molecule has 4 nitrogen and oxygen atoms in total. The van der Waals surface area contributed by atoms with Crippen LogP contribution >= 0.6 is 0 Å². The second-order valence-electron chi connectivity index (χ2n) is 2.18. The van der Waals surface area contributed by atoms with Crippen LogP contribution in [0.5, 0.6) is 0 Å². The van der Waals surface area contributed by atoms with Gasteiger partial charge in [0.25, 0.3) is 11.8 Å². The van der Waals surface area contributed by atoms with E-state index in [1.165, 1.54) is 6.20 Å². The van der Waals surface area contributed by atoms with Gasteiger partial charge in [0.05, 0.1) is 5.56 Å². The summed E-state index contributed by atoms with van der Waals surface area (Å²) in [5.74, 6) is -0.774. The SMILES string of the molecule is CC.O=C1NC(=O)c2ncccc21. The van der Waals surface area contributed by atoms with Gasteiger partial charge in [-0.05, 0) is 12.1 Å². The van der Waals surface area contributed by atoms with E-state index in [4.69, 9.17) is 0 Å². The largest absolute Gasteiger partial charge is 0.287 e. The minimum absolute atomic E-state index is 0.220. The summed E-state index contributed by atoms with van der Waals surface area (Å²) in [6.07, 6.45) is 1.48. The Kier molecular flexibility index (Phi) is 2.74. The normalized spacial score (nSPS) is 12.8. The van der Waals surface area contributed by atoms with Gasteiger partial charge >= 0.3 is 0 Å². The van der Waals surface area contributed by atoms with E-state index in [1.54, 1.807) is 12.1 Å². The second-order valence-corrected chi connectivity index (χ2v) is 2.18. The lowest BCUT2D eigenvalue weighted by atomic mass is 10.2. The molecule has 0 fully saturated rings. The smallest absolute Gasteiger partial charge is 0.277 e. The van der Waals surface area contributed by atoms with Crippen molar-refractivity contribution in [2.75, 3.05) is 0 Å². The average molecular weight is 178 g/mol. The third kappa shape index (κ3) is 1.56. The lowest BCUT2D eigenvalue weighted by Gasteiger charge is -1.87. The number of hydrogen-bond donors (Lipinski definition) is 1. The highest BCUT2D eigenvalue weighted by molar-refractivity contribution is 6.20. The summed E-state index contributed by atoms with van der Waals surface area (Å²) in [5.41, 5.74) is 0.579. The molecule has 1 aliphatic heterocycles. The number of carbonyl (C=O) groups excluding carboxylic acids is 2. The zero-order valence-electron chi connectivity index (χ0n) is 7.50. The number of aromatic nitrogens is 1. The van der Waals surface area contributed by atoms with Gasteiger partial charge in [0.15, 0.2) is 0 Å². The van der Waals surface area contributed by atoms with Crippen molar-refractivity contribution in [2.24, 2.45) is 0 Å². The number of fused-ring (bicyclic) bond motifs is 1. The van der Waals surface area contributed by atoms with Crippen LogP contribution in [-0.4, -0.2) is 16.8 Å².